The summed E-state index contributed by atoms with van der Waals surface area (Å²) in [7, 11) is 0. The quantitative estimate of drug-likeness (QED) is 0.787. The largest absolute Gasteiger partial charge is 0.494 e. The van der Waals surface area contributed by atoms with Gasteiger partial charge in [-0.15, -0.1) is 11.3 Å². The minimum atomic E-state index is -0.513. The highest BCUT2D eigenvalue weighted by atomic mass is 32.1. The molecule has 1 aromatic carbocycles. The van der Waals surface area contributed by atoms with E-state index >= 15 is 0 Å². The first kappa shape index (κ1) is 15.0. The molecule has 2 rings (SSSR count). The number of thiazole rings is 1. The van der Waals surface area contributed by atoms with Crippen LogP contribution in [0, 0.1) is 6.92 Å². The van der Waals surface area contributed by atoms with E-state index < -0.39 is 6.10 Å². The lowest BCUT2D eigenvalue weighted by Crippen LogP contribution is -2.02. The van der Waals surface area contributed by atoms with Gasteiger partial charge in [-0.25, -0.2) is 4.98 Å². The summed E-state index contributed by atoms with van der Waals surface area (Å²) in [6.07, 6.45) is 2.24. The summed E-state index contributed by atoms with van der Waals surface area (Å²) in [4.78, 5) is 4.38. The number of benzene rings is 1. The van der Waals surface area contributed by atoms with Crippen molar-refractivity contribution in [1.29, 1.82) is 0 Å². The maximum absolute atomic E-state index is 10.2. The molecule has 0 aliphatic heterocycles. The van der Waals surface area contributed by atoms with Crippen molar-refractivity contribution in [2.45, 2.75) is 39.2 Å². The Kier molecular flexibility index (Phi) is 5.56. The second-order valence-electron chi connectivity index (χ2n) is 4.85. The molecule has 0 saturated carbocycles. The van der Waals surface area contributed by atoms with Crippen molar-refractivity contribution in [3.8, 4) is 5.75 Å². The Morgan fingerprint density at radius 2 is 2.05 bits per heavy atom. The molecule has 0 radical (unpaired) electrons. The zero-order valence-corrected chi connectivity index (χ0v) is 12.8. The number of rotatable bonds is 7. The van der Waals surface area contributed by atoms with Crippen LogP contribution in [0.15, 0.2) is 29.6 Å². The van der Waals surface area contributed by atoms with Crippen molar-refractivity contribution in [2.24, 2.45) is 0 Å². The maximum Gasteiger partial charge on any atom is 0.119 e. The van der Waals surface area contributed by atoms with E-state index in [4.69, 9.17) is 4.74 Å². The van der Waals surface area contributed by atoms with Gasteiger partial charge in [0.1, 0.15) is 5.75 Å². The number of nitrogens with zero attached hydrogens (tertiary/aromatic N) is 1. The van der Waals surface area contributed by atoms with Gasteiger partial charge >= 0.3 is 0 Å². The third-order valence-electron chi connectivity index (χ3n) is 3.10. The normalized spacial score (nSPS) is 12.3. The monoisotopic (exact) mass is 291 g/mol. The van der Waals surface area contributed by atoms with Crippen LogP contribution in [0.5, 0.6) is 5.75 Å². The summed E-state index contributed by atoms with van der Waals surface area (Å²) >= 11 is 1.61. The van der Waals surface area contributed by atoms with E-state index in [2.05, 4.69) is 11.9 Å². The molecule has 0 fully saturated rings. The van der Waals surface area contributed by atoms with Crippen molar-refractivity contribution in [2.75, 3.05) is 6.61 Å². The first-order valence-electron chi connectivity index (χ1n) is 7.01. The van der Waals surface area contributed by atoms with Crippen LogP contribution in [0.4, 0.5) is 0 Å². The summed E-state index contributed by atoms with van der Waals surface area (Å²) in [5.74, 6) is 0.860. The fourth-order valence-electron chi connectivity index (χ4n) is 1.94. The van der Waals surface area contributed by atoms with Gasteiger partial charge in [0.25, 0.3) is 0 Å². The van der Waals surface area contributed by atoms with Gasteiger partial charge in [-0.1, -0.05) is 25.5 Å². The average Bonchev–Trinajstić information content (AvgIpc) is 2.85. The molecule has 3 nitrogen and oxygen atoms in total. The first-order valence-corrected chi connectivity index (χ1v) is 7.89. The Labute approximate surface area is 124 Å². The van der Waals surface area contributed by atoms with Gasteiger partial charge in [0.2, 0.25) is 0 Å². The van der Waals surface area contributed by atoms with E-state index in [1.807, 2.05) is 36.6 Å². The number of aryl methyl sites for hydroxylation is 1. The lowest BCUT2D eigenvalue weighted by Gasteiger charge is -2.11. The van der Waals surface area contributed by atoms with Crippen molar-refractivity contribution in [1.82, 2.24) is 4.98 Å². The molecule has 0 aliphatic carbocycles. The Balaban J connectivity index is 1.91. The molecule has 0 spiro atoms. The molecule has 0 saturated heterocycles. The van der Waals surface area contributed by atoms with Crippen LogP contribution < -0.4 is 4.74 Å². The molecule has 0 amide bonds. The van der Waals surface area contributed by atoms with E-state index in [0.29, 0.717) is 6.42 Å². The zero-order valence-electron chi connectivity index (χ0n) is 12.0. The number of hydrogen-bond acceptors (Lipinski definition) is 4. The highest BCUT2D eigenvalue weighted by molar-refractivity contribution is 7.09. The molecule has 1 heterocycles. The van der Waals surface area contributed by atoms with Crippen molar-refractivity contribution < 1.29 is 9.84 Å². The van der Waals surface area contributed by atoms with Gasteiger partial charge in [0, 0.05) is 11.8 Å². The van der Waals surface area contributed by atoms with Crippen LogP contribution in [0.25, 0.3) is 0 Å². The summed E-state index contributed by atoms with van der Waals surface area (Å²) in [6, 6.07) is 7.68. The van der Waals surface area contributed by atoms with Crippen molar-refractivity contribution in [3.63, 3.8) is 0 Å². The minimum Gasteiger partial charge on any atom is -0.494 e. The third kappa shape index (κ3) is 4.32. The smallest absolute Gasteiger partial charge is 0.119 e. The Hall–Kier alpha value is -1.39. The number of ether oxygens (including phenoxy) is 1. The minimum absolute atomic E-state index is 0.513. The highest BCUT2D eigenvalue weighted by Crippen LogP contribution is 2.22. The summed E-state index contributed by atoms with van der Waals surface area (Å²) in [5.41, 5.74) is 1.85. The molecule has 4 heteroatoms. The standard InChI is InChI=1S/C16H21NO2S/c1-3-4-9-19-15-7-5-13(6-8-15)16(18)10-14-11-20-12(2)17-14/h5-8,11,16,18H,3-4,9-10H2,1-2H3. The van der Waals surface area contributed by atoms with E-state index in [9.17, 15) is 5.11 Å². The SMILES string of the molecule is CCCCOc1ccc(C(O)Cc2csc(C)n2)cc1. The zero-order chi connectivity index (χ0) is 14.4. The number of hydrogen-bond donors (Lipinski definition) is 1. The second kappa shape index (κ2) is 7.41. The van der Waals surface area contributed by atoms with Crippen LogP contribution >= 0.6 is 11.3 Å². The molecule has 1 atom stereocenters. The van der Waals surface area contributed by atoms with Gasteiger partial charge in [0.15, 0.2) is 0 Å². The summed E-state index contributed by atoms with van der Waals surface area (Å²) in [6.45, 7) is 4.86. The Bertz CT molecular complexity index is 522. The predicted octanol–water partition coefficient (Wildman–Crippen LogP) is 3.91. The number of aliphatic hydroxyl groups is 1. The summed E-state index contributed by atoms with van der Waals surface area (Å²) in [5, 5.41) is 13.2. The lowest BCUT2D eigenvalue weighted by molar-refractivity contribution is 0.177. The van der Waals surface area contributed by atoms with E-state index in [-0.39, 0.29) is 0 Å². The van der Waals surface area contributed by atoms with E-state index in [1.54, 1.807) is 11.3 Å². The van der Waals surface area contributed by atoms with Gasteiger partial charge in [-0.2, -0.15) is 0 Å². The van der Waals surface area contributed by atoms with Gasteiger partial charge in [-0.05, 0) is 31.0 Å². The van der Waals surface area contributed by atoms with Crippen LogP contribution in [0.3, 0.4) is 0 Å². The molecule has 1 unspecified atom stereocenters. The van der Waals surface area contributed by atoms with Gasteiger partial charge in [-0.3, -0.25) is 0 Å². The molecule has 108 valence electrons. The number of aromatic nitrogens is 1. The highest BCUT2D eigenvalue weighted by Gasteiger charge is 2.10. The van der Waals surface area contributed by atoms with Crippen LogP contribution in [0.2, 0.25) is 0 Å². The molecule has 0 aliphatic rings. The van der Waals surface area contributed by atoms with E-state index in [1.165, 1.54) is 0 Å². The molecular weight excluding hydrogens is 270 g/mol. The molecule has 1 aromatic heterocycles. The van der Waals surface area contributed by atoms with Crippen LogP contribution in [-0.2, 0) is 6.42 Å². The second-order valence-corrected chi connectivity index (χ2v) is 5.91. The molecule has 2 aromatic rings. The molecule has 1 N–H and O–H groups in total. The average molecular weight is 291 g/mol. The van der Waals surface area contributed by atoms with Crippen LogP contribution in [-0.4, -0.2) is 16.7 Å². The van der Waals surface area contributed by atoms with Crippen molar-refractivity contribution in [3.05, 3.63) is 45.9 Å². The number of unbranched alkanes of at least 4 members (excludes halogenated alkanes) is 1. The lowest BCUT2D eigenvalue weighted by atomic mass is 10.1. The summed E-state index contributed by atoms with van der Waals surface area (Å²) < 4.78 is 5.61. The molecular formula is C16H21NO2S. The topological polar surface area (TPSA) is 42.4 Å². The molecule has 20 heavy (non-hydrogen) atoms. The third-order valence-corrected chi connectivity index (χ3v) is 3.92. The number of aliphatic hydroxyl groups excluding tert-OH is 1. The van der Waals surface area contributed by atoms with Gasteiger partial charge in [0.05, 0.1) is 23.4 Å². The Morgan fingerprint density at radius 1 is 1.30 bits per heavy atom. The first-order chi connectivity index (χ1) is 9.69. The predicted molar refractivity (Wildman–Crippen MR) is 82.4 cm³/mol. The van der Waals surface area contributed by atoms with Crippen molar-refractivity contribution >= 4 is 11.3 Å². The van der Waals surface area contributed by atoms with Crippen LogP contribution in [0.1, 0.15) is 42.1 Å². The fraction of sp³-hybridized carbons (Fsp3) is 0.438. The van der Waals surface area contributed by atoms with E-state index in [0.717, 1.165) is 41.5 Å². The van der Waals surface area contributed by atoms with Gasteiger partial charge < -0.3 is 9.84 Å². The Morgan fingerprint density at radius 3 is 2.65 bits per heavy atom. The molecule has 0 bridgehead atoms. The maximum atomic E-state index is 10.2. The fourth-order valence-corrected chi connectivity index (χ4v) is 2.56.